The lowest BCUT2D eigenvalue weighted by molar-refractivity contribution is 0.0955. The van der Waals surface area contributed by atoms with Crippen LogP contribution in [-0.4, -0.2) is 24.3 Å². The van der Waals surface area contributed by atoms with Gasteiger partial charge in [-0.2, -0.15) is 5.10 Å². The van der Waals surface area contributed by atoms with Crippen LogP contribution in [0.25, 0.3) is 0 Å². The highest BCUT2D eigenvalue weighted by Crippen LogP contribution is 2.22. The minimum absolute atomic E-state index is 0.0170. The second-order valence-corrected chi connectivity index (χ2v) is 5.09. The van der Waals surface area contributed by atoms with Gasteiger partial charge in [0.25, 0.3) is 5.91 Å². The lowest BCUT2D eigenvalue weighted by Gasteiger charge is -2.04. The molecular formula is C15H12Cl2N2O3. The van der Waals surface area contributed by atoms with Gasteiger partial charge in [-0.05, 0) is 36.4 Å². The van der Waals surface area contributed by atoms with E-state index in [0.717, 1.165) is 0 Å². The zero-order valence-corrected chi connectivity index (χ0v) is 13.0. The Hall–Kier alpha value is -2.24. The molecule has 5 nitrogen and oxygen atoms in total. The number of hydrogen-bond acceptors (Lipinski definition) is 4. The predicted molar refractivity (Wildman–Crippen MR) is 86.2 cm³/mol. The second-order valence-electron chi connectivity index (χ2n) is 4.25. The normalized spacial score (nSPS) is 10.7. The lowest BCUT2D eigenvalue weighted by Crippen LogP contribution is -2.18. The van der Waals surface area contributed by atoms with Crippen molar-refractivity contribution < 1.29 is 14.6 Å². The van der Waals surface area contributed by atoms with Gasteiger partial charge in [-0.1, -0.05) is 23.2 Å². The summed E-state index contributed by atoms with van der Waals surface area (Å²) in [5.41, 5.74) is 2.98. The number of phenolic OH excluding ortho intramolecular Hbond substituents is 1. The smallest absolute Gasteiger partial charge is 0.272 e. The number of amides is 1. The van der Waals surface area contributed by atoms with Gasteiger partial charge in [-0.25, -0.2) is 5.43 Å². The first-order valence-electron chi connectivity index (χ1n) is 6.16. The van der Waals surface area contributed by atoms with E-state index >= 15 is 0 Å². The van der Waals surface area contributed by atoms with Crippen LogP contribution in [-0.2, 0) is 0 Å². The maximum Gasteiger partial charge on any atom is 0.272 e. The van der Waals surface area contributed by atoms with Gasteiger partial charge in [0.1, 0.15) is 11.5 Å². The number of hydrazone groups is 1. The van der Waals surface area contributed by atoms with E-state index in [1.165, 1.54) is 31.5 Å². The molecule has 0 aliphatic heterocycles. The van der Waals surface area contributed by atoms with E-state index in [9.17, 15) is 9.90 Å². The van der Waals surface area contributed by atoms with Crippen LogP contribution >= 0.6 is 23.2 Å². The number of carbonyl (C=O) groups excluding carboxylic acids is 1. The van der Waals surface area contributed by atoms with E-state index in [2.05, 4.69) is 10.5 Å². The van der Waals surface area contributed by atoms with E-state index in [1.54, 1.807) is 18.2 Å². The molecule has 0 unspecified atom stereocenters. The number of nitrogens with one attached hydrogen (secondary N) is 1. The summed E-state index contributed by atoms with van der Waals surface area (Å²) < 4.78 is 5.04. The highest BCUT2D eigenvalue weighted by Gasteiger charge is 2.09. The number of ether oxygens (including phenoxy) is 1. The van der Waals surface area contributed by atoms with E-state index in [4.69, 9.17) is 27.9 Å². The topological polar surface area (TPSA) is 70.9 Å². The molecule has 114 valence electrons. The number of nitrogens with zero attached hydrogens (tertiary/aromatic N) is 1. The molecule has 0 saturated heterocycles. The van der Waals surface area contributed by atoms with Crippen LogP contribution in [0, 0.1) is 0 Å². The van der Waals surface area contributed by atoms with Gasteiger partial charge in [0.15, 0.2) is 0 Å². The van der Waals surface area contributed by atoms with Crippen molar-refractivity contribution in [2.75, 3.05) is 7.11 Å². The summed E-state index contributed by atoms with van der Waals surface area (Å²) in [7, 11) is 1.51. The van der Waals surface area contributed by atoms with E-state index in [-0.39, 0.29) is 16.3 Å². The molecule has 0 saturated carbocycles. The van der Waals surface area contributed by atoms with Crippen LogP contribution in [0.2, 0.25) is 10.0 Å². The Morgan fingerprint density at radius 2 is 2.05 bits per heavy atom. The fourth-order valence-corrected chi connectivity index (χ4v) is 2.15. The third-order valence-corrected chi connectivity index (χ3v) is 3.33. The molecular weight excluding hydrogens is 327 g/mol. The molecule has 0 bridgehead atoms. The Morgan fingerprint density at radius 1 is 1.27 bits per heavy atom. The molecule has 2 aromatic carbocycles. The van der Waals surface area contributed by atoms with Gasteiger partial charge in [-0.15, -0.1) is 0 Å². The summed E-state index contributed by atoms with van der Waals surface area (Å²) in [5, 5.41) is 14.1. The quantitative estimate of drug-likeness (QED) is 0.662. The van der Waals surface area contributed by atoms with Gasteiger partial charge in [-0.3, -0.25) is 4.79 Å². The van der Waals surface area contributed by atoms with Gasteiger partial charge in [0.05, 0.1) is 23.9 Å². The minimum Gasteiger partial charge on any atom is -0.507 e. The molecule has 0 aliphatic carbocycles. The second kappa shape index (κ2) is 7.15. The molecule has 0 radical (unpaired) electrons. The number of halogens is 2. The predicted octanol–water partition coefficient (Wildman–Crippen LogP) is 3.47. The first-order chi connectivity index (χ1) is 10.5. The minimum atomic E-state index is -0.486. The van der Waals surface area contributed by atoms with Crippen LogP contribution in [0.3, 0.4) is 0 Å². The van der Waals surface area contributed by atoms with E-state index < -0.39 is 5.91 Å². The van der Waals surface area contributed by atoms with Crippen molar-refractivity contribution in [2.24, 2.45) is 5.10 Å². The first kappa shape index (κ1) is 16.1. The van der Waals surface area contributed by atoms with Crippen LogP contribution in [0.4, 0.5) is 0 Å². The molecule has 0 atom stereocenters. The van der Waals surface area contributed by atoms with Crippen molar-refractivity contribution in [3.05, 3.63) is 57.6 Å². The van der Waals surface area contributed by atoms with Gasteiger partial charge < -0.3 is 9.84 Å². The molecule has 0 aliphatic rings. The third kappa shape index (κ3) is 3.90. The Bertz CT molecular complexity index is 733. The molecule has 7 heteroatoms. The number of rotatable bonds is 4. The molecule has 0 heterocycles. The van der Waals surface area contributed by atoms with Gasteiger partial charge in [0.2, 0.25) is 0 Å². The standard InChI is InChI=1S/C15H12Cl2N2O3/c1-22-11-3-5-14(20)9(6-11)8-18-19-15(21)12-4-2-10(16)7-13(12)17/h2-8,20H,1H3,(H,19,21)/b18-8+. The molecule has 0 spiro atoms. The van der Waals surface area contributed by atoms with Crippen LogP contribution in [0.15, 0.2) is 41.5 Å². The van der Waals surface area contributed by atoms with Gasteiger partial charge >= 0.3 is 0 Å². The lowest BCUT2D eigenvalue weighted by atomic mass is 10.2. The number of carbonyl (C=O) groups is 1. The summed E-state index contributed by atoms with van der Waals surface area (Å²) in [4.78, 5) is 11.9. The maximum absolute atomic E-state index is 11.9. The third-order valence-electron chi connectivity index (χ3n) is 2.78. The average Bonchev–Trinajstić information content (AvgIpc) is 2.49. The molecule has 0 fully saturated rings. The summed E-state index contributed by atoms with van der Waals surface area (Å²) in [6.07, 6.45) is 1.31. The van der Waals surface area contributed by atoms with E-state index in [1.807, 2.05) is 0 Å². The Balaban J connectivity index is 2.10. The van der Waals surface area contributed by atoms with Crippen LogP contribution in [0.5, 0.6) is 11.5 Å². The van der Waals surface area contributed by atoms with Crippen LogP contribution in [0.1, 0.15) is 15.9 Å². The monoisotopic (exact) mass is 338 g/mol. The summed E-state index contributed by atoms with van der Waals surface area (Å²) >= 11 is 11.7. The molecule has 2 N–H and O–H groups in total. The first-order valence-corrected chi connectivity index (χ1v) is 6.92. The number of benzene rings is 2. The van der Waals surface area contributed by atoms with Crippen molar-refractivity contribution in [1.82, 2.24) is 5.43 Å². The van der Waals surface area contributed by atoms with Crippen molar-refractivity contribution in [3.8, 4) is 11.5 Å². The maximum atomic E-state index is 11.9. The fraction of sp³-hybridized carbons (Fsp3) is 0.0667. The zero-order chi connectivity index (χ0) is 16.1. The molecule has 22 heavy (non-hydrogen) atoms. The number of aromatic hydroxyl groups is 1. The van der Waals surface area contributed by atoms with Crippen molar-refractivity contribution in [2.45, 2.75) is 0 Å². The fourth-order valence-electron chi connectivity index (χ4n) is 1.66. The molecule has 0 aromatic heterocycles. The summed E-state index contributed by atoms with van der Waals surface area (Å²) in [6, 6.07) is 9.19. The van der Waals surface area contributed by atoms with Gasteiger partial charge in [0, 0.05) is 10.6 Å². The van der Waals surface area contributed by atoms with E-state index in [0.29, 0.717) is 16.3 Å². The Labute approximate surface area is 137 Å². The summed E-state index contributed by atoms with van der Waals surface area (Å²) in [5.74, 6) is 0.0925. The molecule has 2 aromatic rings. The Morgan fingerprint density at radius 3 is 2.73 bits per heavy atom. The summed E-state index contributed by atoms with van der Waals surface area (Å²) in [6.45, 7) is 0. The largest absolute Gasteiger partial charge is 0.507 e. The van der Waals surface area contributed by atoms with Crippen molar-refractivity contribution in [1.29, 1.82) is 0 Å². The number of methoxy groups -OCH3 is 1. The number of phenols is 1. The zero-order valence-electron chi connectivity index (χ0n) is 11.5. The number of hydrogen-bond donors (Lipinski definition) is 2. The average molecular weight is 339 g/mol. The van der Waals surface area contributed by atoms with Crippen LogP contribution < -0.4 is 10.2 Å². The molecule has 2 rings (SSSR count). The van der Waals surface area contributed by atoms with Crippen molar-refractivity contribution >= 4 is 35.3 Å². The van der Waals surface area contributed by atoms with Crippen molar-refractivity contribution in [3.63, 3.8) is 0 Å². The Kier molecular flexibility index (Phi) is 5.25. The SMILES string of the molecule is COc1ccc(O)c(/C=N/NC(=O)c2ccc(Cl)cc2Cl)c1. The molecule has 1 amide bonds. The highest BCUT2D eigenvalue weighted by molar-refractivity contribution is 6.36. The highest BCUT2D eigenvalue weighted by atomic mass is 35.5.